The van der Waals surface area contributed by atoms with Crippen LogP contribution < -0.4 is 0 Å². The molecule has 88 valence electrons. The van der Waals surface area contributed by atoms with E-state index in [-0.39, 0.29) is 0 Å². The van der Waals surface area contributed by atoms with Gasteiger partial charge < -0.3 is 5.11 Å². The van der Waals surface area contributed by atoms with Gasteiger partial charge in [-0.1, -0.05) is 35.3 Å². The summed E-state index contributed by atoms with van der Waals surface area (Å²) in [5.74, 6) is 0. The van der Waals surface area contributed by atoms with Gasteiger partial charge in [0.15, 0.2) is 0 Å². The zero-order valence-electron chi connectivity index (χ0n) is 9.19. The lowest BCUT2D eigenvalue weighted by Crippen LogP contribution is -2.01. The summed E-state index contributed by atoms with van der Waals surface area (Å²) in [6, 6.07) is 8.80. The highest BCUT2D eigenvalue weighted by Gasteiger charge is 2.15. The van der Waals surface area contributed by atoms with Crippen molar-refractivity contribution < 1.29 is 5.11 Å². The Morgan fingerprint density at radius 3 is 2.71 bits per heavy atom. The summed E-state index contributed by atoms with van der Waals surface area (Å²) in [7, 11) is 0. The van der Waals surface area contributed by atoms with E-state index in [9.17, 15) is 5.11 Å². The average Bonchev–Trinajstić information content (AvgIpc) is 2.32. The molecule has 2 aromatic rings. The smallest absolute Gasteiger partial charge is 0.106 e. The highest BCUT2D eigenvalue weighted by molar-refractivity contribution is 6.42. The van der Waals surface area contributed by atoms with Crippen LogP contribution in [0.1, 0.15) is 22.9 Å². The maximum absolute atomic E-state index is 10.3. The molecule has 0 aliphatic carbocycles. The number of hydrogen-bond acceptors (Lipinski definition) is 2. The molecule has 0 fully saturated rings. The van der Waals surface area contributed by atoms with Crippen LogP contribution in [0.3, 0.4) is 0 Å². The number of nitrogens with zero attached hydrogens (tertiary/aromatic N) is 1. The van der Waals surface area contributed by atoms with Crippen LogP contribution in [-0.4, -0.2) is 10.1 Å². The standard InChI is InChI=1S/C13H11Cl2NO/c1-8-7-9(5-6-16-8)13(17)10-3-2-4-11(14)12(10)15/h2-7,13,17H,1H3. The molecule has 0 saturated heterocycles. The average molecular weight is 268 g/mol. The van der Waals surface area contributed by atoms with Crippen molar-refractivity contribution in [2.24, 2.45) is 0 Å². The second-order valence-electron chi connectivity index (χ2n) is 3.78. The zero-order valence-corrected chi connectivity index (χ0v) is 10.7. The Labute approximate surface area is 110 Å². The summed E-state index contributed by atoms with van der Waals surface area (Å²) in [5.41, 5.74) is 2.20. The molecular formula is C13H11Cl2NO. The Hall–Kier alpha value is -1.09. The van der Waals surface area contributed by atoms with E-state index in [0.717, 1.165) is 11.3 Å². The Balaban J connectivity index is 2.44. The summed E-state index contributed by atoms with van der Waals surface area (Å²) in [4.78, 5) is 4.09. The molecule has 0 spiro atoms. The van der Waals surface area contributed by atoms with Crippen molar-refractivity contribution in [3.63, 3.8) is 0 Å². The largest absolute Gasteiger partial charge is 0.384 e. The monoisotopic (exact) mass is 267 g/mol. The molecule has 0 bridgehead atoms. The van der Waals surface area contributed by atoms with Gasteiger partial charge in [0.05, 0.1) is 10.0 Å². The number of aliphatic hydroxyl groups is 1. The van der Waals surface area contributed by atoms with Crippen molar-refractivity contribution in [2.45, 2.75) is 13.0 Å². The molecule has 1 atom stereocenters. The van der Waals surface area contributed by atoms with E-state index in [1.54, 1.807) is 30.5 Å². The summed E-state index contributed by atoms with van der Waals surface area (Å²) in [6.07, 6.45) is 0.870. The van der Waals surface area contributed by atoms with Crippen LogP contribution in [0.2, 0.25) is 10.0 Å². The van der Waals surface area contributed by atoms with Gasteiger partial charge in [0.1, 0.15) is 6.10 Å². The second-order valence-corrected chi connectivity index (χ2v) is 4.56. The highest BCUT2D eigenvalue weighted by atomic mass is 35.5. The summed E-state index contributed by atoms with van der Waals surface area (Å²) in [5, 5.41) is 11.1. The molecule has 0 aliphatic rings. The van der Waals surface area contributed by atoms with Crippen LogP contribution in [0.4, 0.5) is 0 Å². The molecule has 1 aromatic carbocycles. The van der Waals surface area contributed by atoms with Crippen molar-refractivity contribution in [1.82, 2.24) is 4.98 Å². The maximum Gasteiger partial charge on any atom is 0.106 e. The second kappa shape index (κ2) is 5.05. The minimum atomic E-state index is -0.789. The quantitative estimate of drug-likeness (QED) is 0.899. The SMILES string of the molecule is Cc1cc(C(O)c2cccc(Cl)c2Cl)ccn1. The van der Waals surface area contributed by atoms with Gasteiger partial charge in [0, 0.05) is 17.5 Å². The fourth-order valence-corrected chi connectivity index (χ4v) is 2.06. The van der Waals surface area contributed by atoms with Crippen molar-refractivity contribution in [3.8, 4) is 0 Å². The summed E-state index contributed by atoms with van der Waals surface area (Å²) < 4.78 is 0. The van der Waals surface area contributed by atoms with Gasteiger partial charge in [-0.25, -0.2) is 0 Å². The van der Waals surface area contributed by atoms with E-state index < -0.39 is 6.10 Å². The molecule has 0 saturated carbocycles. The first-order valence-electron chi connectivity index (χ1n) is 5.14. The van der Waals surface area contributed by atoms with Crippen molar-refractivity contribution in [3.05, 3.63) is 63.4 Å². The Bertz CT molecular complexity index is 543. The van der Waals surface area contributed by atoms with Crippen LogP contribution in [0.15, 0.2) is 36.5 Å². The number of hydrogen-bond donors (Lipinski definition) is 1. The van der Waals surface area contributed by atoms with Crippen molar-refractivity contribution in [2.75, 3.05) is 0 Å². The van der Waals surface area contributed by atoms with E-state index in [2.05, 4.69) is 4.98 Å². The lowest BCUT2D eigenvalue weighted by atomic mass is 10.0. The molecule has 0 aliphatic heterocycles. The number of pyridine rings is 1. The van der Waals surface area contributed by atoms with Gasteiger partial charge >= 0.3 is 0 Å². The maximum atomic E-state index is 10.3. The first kappa shape index (κ1) is 12.4. The van der Waals surface area contributed by atoms with Gasteiger partial charge in [0.2, 0.25) is 0 Å². The first-order valence-corrected chi connectivity index (χ1v) is 5.89. The zero-order chi connectivity index (χ0) is 12.4. The first-order chi connectivity index (χ1) is 8.09. The molecule has 0 amide bonds. The molecule has 4 heteroatoms. The third kappa shape index (κ3) is 2.60. The predicted octanol–water partition coefficient (Wildman–Crippen LogP) is 3.78. The molecule has 1 N–H and O–H groups in total. The molecule has 1 aromatic heterocycles. The van der Waals surface area contributed by atoms with E-state index in [4.69, 9.17) is 23.2 Å². The Kier molecular flexibility index (Phi) is 3.67. The normalized spacial score (nSPS) is 12.5. The minimum absolute atomic E-state index is 0.385. The molecule has 17 heavy (non-hydrogen) atoms. The van der Waals surface area contributed by atoms with Gasteiger partial charge in [-0.05, 0) is 30.7 Å². The molecule has 2 rings (SSSR count). The Morgan fingerprint density at radius 1 is 1.24 bits per heavy atom. The molecule has 1 heterocycles. The summed E-state index contributed by atoms with van der Waals surface area (Å²) >= 11 is 12.0. The van der Waals surface area contributed by atoms with Crippen LogP contribution in [0, 0.1) is 6.92 Å². The van der Waals surface area contributed by atoms with Crippen LogP contribution >= 0.6 is 23.2 Å². The van der Waals surface area contributed by atoms with Crippen LogP contribution in [-0.2, 0) is 0 Å². The fraction of sp³-hybridized carbons (Fsp3) is 0.154. The molecule has 2 nitrogen and oxygen atoms in total. The minimum Gasteiger partial charge on any atom is -0.384 e. The molecule has 1 unspecified atom stereocenters. The van der Waals surface area contributed by atoms with Crippen LogP contribution in [0.5, 0.6) is 0 Å². The third-order valence-electron chi connectivity index (χ3n) is 2.51. The van der Waals surface area contributed by atoms with Gasteiger partial charge in [0.25, 0.3) is 0 Å². The van der Waals surface area contributed by atoms with E-state index >= 15 is 0 Å². The topological polar surface area (TPSA) is 33.1 Å². The molecular weight excluding hydrogens is 257 g/mol. The van der Waals surface area contributed by atoms with Gasteiger partial charge in [-0.3, -0.25) is 4.98 Å². The number of halogens is 2. The van der Waals surface area contributed by atoms with E-state index in [1.165, 1.54) is 0 Å². The molecule has 0 radical (unpaired) electrons. The van der Waals surface area contributed by atoms with E-state index in [0.29, 0.717) is 15.6 Å². The lowest BCUT2D eigenvalue weighted by molar-refractivity contribution is 0.220. The number of aliphatic hydroxyl groups excluding tert-OH is 1. The number of rotatable bonds is 2. The number of aryl methyl sites for hydroxylation is 1. The highest BCUT2D eigenvalue weighted by Crippen LogP contribution is 2.32. The number of aromatic nitrogens is 1. The fourth-order valence-electron chi connectivity index (χ4n) is 1.65. The lowest BCUT2D eigenvalue weighted by Gasteiger charge is -2.14. The summed E-state index contributed by atoms with van der Waals surface area (Å²) in [6.45, 7) is 1.87. The Morgan fingerprint density at radius 2 is 2.00 bits per heavy atom. The number of benzene rings is 1. The van der Waals surface area contributed by atoms with Crippen molar-refractivity contribution in [1.29, 1.82) is 0 Å². The van der Waals surface area contributed by atoms with Crippen molar-refractivity contribution >= 4 is 23.2 Å². The van der Waals surface area contributed by atoms with E-state index in [1.807, 2.05) is 13.0 Å². The van der Waals surface area contributed by atoms with Crippen LogP contribution in [0.25, 0.3) is 0 Å². The van der Waals surface area contributed by atoms with Gasteiger partial charge in [-0.2, -0.15) is 0 Å². The predicted molar refractivity (Wildman–Crippen MR) is 69.5 cm³/mol. The third-order valence-corrected chi connectivity index (χ3v) is 3.35. The van der Waals surface area contributed by atoms with Gasteiger partial charge in [-0.15, -0.1) is 0 Å².